The van der Waals surface area contributed by atoms with Crippen LogP contribution >= 0.6 is 0 Å². The summed E-state index contributed by atoms with van der Waals surface area (Å²) >= 11 is 0. The molecule has 6 nitrogen and oxygen atoms in total. The Morgan fingerprint density at radius 3 is 2.68 bits per heavy atom. The lowest BCUT2D eigenvalue weighted by Crippen LogP contribution is -2.19. The van der Waals surface area contributed by atoms with Gasteiger partial charge in [0.1, 0.15) is 0 Å². The van der Waals surface area contributed by atoms with Crippen molar-refractivity contribution in [3.8, 4) is 0 Å². The number of sulfonamides is 1. The number of benzene rings is 2. The average Bonchev–Trinajstić information content (AvgIpc) is 3.10. The van der Waals surface area contributed by atoms with Crippen molar-refractivity contribution in [2.75, 3.05) is 17.9 Å². The fraction of sp³-hybridized carbons (Fsp3) is 0.278. The number of nitrogens with zero attached hydrogens (tertiary/aromatic N) is 2. The average molecular weight is 357 g/mol. The van der Waals surface area contributed by atoms with Gasteiger partial charge in [-0.05, 0) is 24.3 Å². The molecule has 1 N–H and O–H groups in total. The number of rotatable bonds is 4. The molecule has 0 unspecified atom stereocenters. The van der Waals surface area contributed by atoms with E-state index in [1.165, 1.54) is 0 Å². The van der Waals surface area contributed by atoms with Gasteiger partial charge in [-0.15, -0.1) is 0 Å². The molecule has 0 saturated carbocycles. The van der Waals surface area contributed by atoms with E-state index in [1.807, 2.05) is 35.0 Å². The monoisotopic (exact) mass is 357 g/mol. The Morgan fingerprint density at radius 2 is 1.84 bits per heavy atom. The van der Waals surface area contributed by atoms with Crippen LogP contribution in [0.5, 0.6) is 0 Å². The predicted octanol–water partition coefficient (Wildman–Crippen LogP) is 3.19. The molecule has 25 heavy (non-hydrogen) atoms. The summed E-state index contributed by atoms with van der Waals surface area (Å²) in [6.45, 7) is 1.42. The number of aromatic nitrogens is 2. The Morgan fingerprint density at radius 1 is 1.08 bits per heavy atom. The fourth-order valence-corrected chi connectivity index (χ4v) is 4.44. The Balaban J connectivity index is 1.62. The summed E-state index contributed by atoms with van der Waals surface area (Å²) in [6, 6.07) is 13.0. The van der Waals surface area contributed by atoms with Gasteiger partial charge in [0, 0.05) is 24.8 Å². The summed E-state index contributed by atoms with van der Waals surface area (Å²) in [7, 11) is -3.69. The van der Waals surface area contributed by atoms with Crippen LogP contribution < -0.4 is 4.72 Å². The van der Waals surface area contributed by atoms with E-state index < -0.39 is 10.0 Å². The first-order valence-corrected chi connectivity index (χ1v) is 9.74. The van der Waals surface area contributed by atoms with Crippen molar-refractivity contribution in [1.82, 2.24) is 9.78 Å². The van der Waals surface area contributed by atoms with Crippen molar-refractivity contribution in [2.24, 2.45) is 0 Å². The van der Waals surface area contributed by atoms with Crippen LogP contribution in [0.25, 0.3) is 10.8 Å². The Kier molecular flexibility index (Phi) is 4.19. The van der Waals surface area contributed by atoms with Gasteiger partial charge in [0.05, 0.1) is 22.8 Å². The standard InChI is InChI=1S/C18H19N3O3S/c22-25(23,18-7-3-5-14-4-1-2-6-17(14)18)20-15-12-19-21(13-15)16-8-10-24-11-9-16/h1-7,12-13,16,20H,8-11H2. The number of fused-ring (bicyclic) bond motifs is 1. The largest absolute Gasteiger partial charge is 0.381 e. The minimum Gasteiger partial charge on any atom is -0.381 e. The topological polar surface area (TPSA) is 73.2 Å². The van der Waals surface area contributed by atoms with Crippen LogP contribution in [-0.4, -0.2) is 31.4 Å². The van der Waals surface area contributed by atoms with Gasteiger partial charge in [-0.25, -0.2) is 8.42 Å². The minimum atomic E-state index is -3.69. The molecular formula is C18H19N3O3S. The van der Waals surface area contributed by atoms with E-state index in [1.54, 1.807) is 24.5 Å². The maximum absolute atomic E-state index is 12.8. The Hall–Kier alpha value is -2.38. The first kappa shape index (κ1) is 16.1. The zero-order valence-electron chi connectivity index (χ0n) is 13.6. The molecule has 130 valence electrons. The van der Waals surface area contributed by atoms with Gasteiger partial charge in [-0.3, -0.25) is 9.40 Å². The lowest BCUT2D eigenvalue weighted by atomic mass is 10.1. The van der Waals surface area contributed by atoms with Crippen molar-refractivity contribution in [3.05, 3.63) is 54.9 Å². The van der Waals surface area contributed by atoms with Gasteiger partial charge in [0.2, 0.25) is 0 Å². The second kappa shape index (κ2) is 6.50. The molecule has 1 fully saturated rings. The van der Waals surface area contributed by atoms with E-state index in [4.69, 9.17) is 4.74 Å². The molecule has 7 heteroatoms. The molecule has 1 aliphatic heterocycles. The van der Waals surface area contributed by atoms with Crippen LogP contribution in [0.2, 0.25) is 0 Å². The maximum atomic E-state index is 12.8. The second-order valence-corrected chi connectivity index (χ2v) is 7.79. The SMILES string of the molecule is O=S(=O)(Nc1cnn(C2CCOCC2)c1)c1cccc2ccccc12. The van der Waals surface area contributed by atoms with Gasteiger partial charge >= 0.3 is 0 Å². The van der Waals surface area contributed by atoms with Crippen molar-refractivity contribution in [3.63, 3.8) is 0 Å². The quantitative estimate of drug-likeness (QED) is 0.778. The lowest BCUT2D eigenvalue weighted by molar-refractivity contribution is 0.0662. The third kappa shape index (κ3) is 3.25. The summed E-state index contributed by atoms with van der Waals surface area (Å²) in [5, 5.41) is 5.91. The molecule has 2 aromatic carbocycles. The molecule has 1 aromatic heterocycles. The highest BCUT2D eigenvalue weighted by atomic mass is 32.2. The summed E-state index contributed by atoms with van der Waals surface area (Å²) in [6.07, 6.45) is 5.07. The highest BCUT2D eigenvalue weighted by Crippen LogP contribution is 2.26. The second-order valence-electron chi connectivity index (χ2n) is 6.14. The van der Waals surface area contributed by atoms with E-state index in [9.17, 15) is 8.42 Å². The summed E-state index contributed by atoms with van der Waals surface area (Å²) in [5.74, 6) is 0. The minimum absolute atomic E-state index is 0.254. The molecule has 1 saturated heterocycles. The molecule has 4 rings (SSSR count). The molecule has 0 atom stereocenters. The Labute approximate surface area is 146 Å². The van der Waals surface area contributed by atoms with Gasteiger partial charge in [0.25, 0.3) is 10.0 Å². The summed E-state index contributed by atoms with van der Waals surface area (Å²) in [4.78, 5) is 0.268. The van der Waals surface area contributed by atoms with E-state index in [0.717, 1.165) is 18.2 Å². The number of anilines is 1. The zero-order chi connectivity index (χ0) is 17.3. The molecule has 2 heterocycles. The normalized spacial score (nSPS) is 16.2. The smallest absolute Gasteiger partial charge is 0.262 e. The van der Waals surface area contributed by atoms with Gasteiger partial charge in [-0.2, -0.15) is 5.10 Å². The lowest BCUT2D eigenvalue weighted by Gasteiger charge is -2.22. The van der Waals surface area contributed by atoms with Crippen LogP contribution in [0.1, 0.15) is 18.9 Å². The first-order chi connectivity index (χ1) is 12.1. The molecule has 0 radical (unpaired) electrons. The van der Waals surface area contributed by atoms with Gasteiger partial charge in [0.15, 0.2) is 0 Å². The molecule has 0 amide bonds. The highest BCUT2D eigenvalue weighted by molar-refractivity contribution is 7.93. The first-order valence-electron chi connectivity index (χ1n) is 8.26. The van der Waals surface area contributed by atoms with Crippen molar-refractivity contribution >= 4 is 26.5 Å². The predicted molar refractivity (Wildman–Crippen MR) is 96.1 cm³/mol. The van der Waals surface area contributed by atoms with Crippen molar-refractivity contribution in [2.45, 2.75) is 23.8 Å². The van der Waals surface area contributed by atoms with E-state index >= 15 is 0 Å². The third-order valence-electron chi connectivity index (χ3n) is 4.46. The molecule has 3 aromatic rings. The van der Waals surface area contributed by atoms with E-state index in [-0.39, 0.29) is 10.9 Å². The van der Waals surface area contributed by atoms with E-state index in [2.05, 4.69) is 9.82 Å². The van der Waals surface area contributed by atoms with Crippen LogP contribution in [0, 0.1) is 0 Å². The Bertz CT molecular complexity index is 986. The van der Waals surface area contributed by atoms with Gasteiger partial charge in [-0.1, -0.05) is 36.4 Å². The highest BCUT2D eigenvalue weighted by Gasteiger charge is 2.20. The van der Waals surface area contributed by atoms with Crippen LogP contribution in [-0.2, 0) is 14.8 Å². The van der Waals surface area contributed by atoms with E-state index in [0.29, 0.717) is 24.3 Å². The fourth-order valence-electron chi connectivity index (χ4n) is 3.18. The maximum Gasteiger partial charge on any atom is 0.262 e. The number of hydrogen-bond donors (Lipinski definition) is 1. The van der Waals surface area contributed by atoms with Crippen molar-refractivity contribution < 1.29 is 13.2 Å². The zero-order valence-corrected chi connectivity index (χ0v) is 14.4. The molecule has 0 bridgehead atoms. The number of nitrogens with one attached hydrogen (secondary N) is 1. The molecular weight excluding hydrogens is 338 g/mol. The summed E-state index contributed by atoms with van der Waals surface area (Å²) < 4.78 is 35.5. The van der Waals surface area contributed by atoms with Crippen molar-refractivity contribution in [1.29, 1.82) is 0 Å². The molecule has 0 spiro atoms. The van der Waals surface area contributed by atoms with Gasteiger partial charge < -0.3 is 4.74 Å². The van der Waals surface area contributed by atoms with Crippen LogP contribution in [0.3, 0.4) is 0 Å². The van der Waals surface area contributed by atoms with Crippen LogP contribution in [0.4, 0.5) is 5.69 Å². The molecule has 1 aliphatic rings. The number of ether oxygens (including phenoxy) is 1. The third-order valence-corrected chi connectivity index (χ3v) is 5.90. The van der Waals surface area contributed by atoms with Crippen LogP contribution in [0.15, 0.2) is 59.8 Å². The number of hydrogen-bond acceptors (Lipinski definition) is 4. The summed E-state index contributed by atoms with van der Waals surface area (Å²) in [5.41, 5.74) is 0.472. The molecule has 0 aliphatic carbocycles.